The van der Waals surface area contributed by atoms with Gasteiger partial charge in [0, 0.05) is 0 Å². The zero-order valence-corrected chi connectivity index (χ0v) is 8.95. The summed E-state index contributed by atoms with van der Waals surface area (Å²) in [4.78, 5) is 10.7. The molecule has 14 heavy (non-hydrogen) atoms. The molecule has 0 unspecified atom stereocenters. The molecular formula is C9H15O4P. The molecule has 0 spiro atoms. The van der Waals surface area contributed by atoms with Crippen LogP contribution in [0.15, 0.2) is 0 Å². The van der Waals surface area contributed by atoms with Crippen molar-refractivity contribution in [2.75, 3.05) is 0 Å². The first kappa shape index (κ1) is 10.3. The Morgan fingerprint density at radius 3 is 1.64 bits per heavy atom. The molecule has 0 N–H and O–H groups in total. The van der Waals surface area contributed by atoms with Crippen LogP contribution in [-0.2, 0) is 18.4 Å². The molecule has 0 radical (unpaired) electrons. The van der Waals surface area contributed by atoms with Crippen molar-refractivity contribution < 1.29 is 18.4 Å². The van der Waals surface area contributed by atoms with E-state index >= 15 is 0 Å². The maximum Gasteiger partial charge on any atom is 0.394 e. The van der Waals surface area contributed by atoms with Crippen LogP contribution >= 0.6 is 7.60 Å². The van der Waals surface area contributed by atoms with Gasteiger partial charge in [-0.15, -0.1) is 0 Å². The average molecular weight is 218 g/mol. The second kappa shape index (κ2) is 4.13. The highest BCUT2D eigenvalue weighted by atomic mass is 31.2. The fourth-order valence-electron chi connectivity index (χ4n) is 1.44. The molecule has 0 aromatic rings. The van der Waals surface area contributed by atoms with Crippen LogP contribution in [0, 0.1) is 0 Å². The summed E-state index contributed by atoms with van der Waals surface area (Å²) in [5.41, 5.74) is 0. The van der Waals surface area contributed by atoms with Crippen molar-refractivity contribution in [1.82, 2.24) is 0 Å². The summed E-state index contributed by atoms with van der Waals surface area (Å²) in [6, 6.07) is 0.351. The zero-order valence-electron chi connectivity index (χ0n) is 8.05. The summed E-state index contributed by atoms with van der Waals surface area (Å²) in [5, 5.41) is 0. The second-order valence-corrected chi connectivity index (χ2v) is 5.67. The fraction of sp³-hybridized carbons (Fsp3) is 0.889. The monoisotopic (exact) mass is 218 g/mol. The number of rotatable bonds is 5. The van der Waals surface area contributed by atoms with E-state index in [4.69, 9.17) is 9.05 Å². The first-order valence-electron chi connectivity index (χ1n) is 5.15. The number of hydrogen-bond acceptors (Lipinski definition) is 4. The van der Waals surface area contributed by atoms with Crippen LogP contribution in [0.25, 0.3) is 0 Å². The van der Waals surface area contributed by atoms with Gasteiger partial charge >= 0.3 is 7.60 Å². The lowest BCUT2D eigenvalue weighted by Crippen LogP contribution is -2.25. The molecule has 0 aliphatic heterocycles. The molecule has 5 heteroatoms. The van der Waals surface area contributed by atoms with Crippen molar-refractivity contribution >= 4 is 13.6 Å². The van der Waals surface area contributed by atoms with E-state index in [0.29, 0.717) is 6.03 Å². The van der Waals surface area contributed by atoms with Crippen LogP contribution in [0.2, 0.25) is 0 Å². The molecule has 80 valence electrons. The second-order valence-electron chi connectivity index (χ2n) is 3.96. The first-order valence-corrected chi connectivity index (χ1v) is 6.76. The average Bonchev–Trinajstić information content (AvgIpc) is 2.05. The number of carbonyl (C=O) groups excluding carboxylic acids is 1. The van der Waals surface area contributed by atoms with Crippen LogP contribution in [-0.4, -0.2) is 18.2 Å². The lowest BCUT2D eigenvalue weighted by atomic mass is 9.97. The molecule has 2 aliphatic rings. The lowest BCUT2D eigenvalue weighted by molar-refractivity contribution is 0.0553. The Morgan fingerprint density at radius 1 is 1.00 bits per heavy atom. The van der Waals surface area contributed by atoms with Crippen LogP contribution in [0.1, 0.15) is 38.5 Å². The van der Waals surface area contributed by atoms with E-state index < -0.39 is 7.60 Å². The molecule has 2 rings (SSSR count). The Morgan fingerprint density at radius 2 is 1.43 bits per heavy atom. The van der Waals surface area contributed by atoms with E-state index in [1.54, 1.807) is 0 Å². The smallest absolute Gasteiger partial charge is 0.300 e. The molecule has 0 aromatic heterocycles. The van der Waals surface area contributed by atoms with Gasteiger partial charge < -0.3 is 9.05 Å². The van der Waals surface area contributed by atoms with E-state index in [1.807, 2.05) is 0 Å². The first-order chi connectivity index (χ1) is 6.72. The van der Waals surface area contributed by atoms with Crippen LogP contribution in [0.4, 0.5) is 0 Å². The standard InChI is InChI=1S/C9H15O4P/c10-7-14(11,12-8-3-1-4-8)13-9-5-2-6-9/h7-9H,1-6H2. The third-order valence-corrected chi connectivity index (χ3v) is 4.27. The van der Waals surface area contributed by atoms with E-state index in [2.05, 4.69) is 0 Å². The van der Waals surface area contributed by atoms with Crippen molar-refractivity contribution in [3.63, 3.8) is 0 Å². The van der Waals surface area contributed by atoms with Crippen molar-refractivity contribution in [2.24, 2.45) is 0 Å². The molecule has 0 atom stereocenters. The highest BCUT2D eigenvalue weighted by Crippen LogP contribution is 2.52. The molecule has 0 saturated heterocycles. The fourth-order valence-corrected chi connectivity index (χ4v) is 2.84. The molecule has 4 nitrogen and oxygen atoms in total. The normalized spacial score (nSPS) is 24.0. The third kappa shape index (κ3) is 2.25. The zero-order chi connectivity index (χ0) is 10.0. The van der Waals surface area contributed by atoms with Gasteiger partial charge in [-0.2, -0.15) is 0 Å². The summed E-state index contributed by atoms with van der Waals surface area (Å²) >= 11 is 0. The minimum atomic E-state index is -3.42. The SMILES string of the molecule is O=CP(=O)(OC1CCC1)OC1CCC1. The molecule has 0 amide bonds. The van der Waals surface area contributed by atoms with Gasteiger partial charge in [0.1, 0.15) is 0 Å². The molecule has 0 aromatic carbocycles. The van der Waals surface area contributed by atoms with Gasteiger partial charge in [-0.1, -0.05) is 0 Å². The van der Waals surface area contributed by atoms with Gasteiger partial charge in [0.05, 0.1) is 12.2 Å². The maximum absolute atomic E-state index is 11.8. The van der Waals surface area contributed by atoms with Crippen molar-refractivity contribution in [3.8, 4) is 0 Å². The van der Waals surface area contributed by atoms with E-state index in [-0.39, 0.29) is 12.2 Å². The van der Waals surface area contributed by atoms with Crippen LogP contribution < -0.4 is 0 Å². The highest BCUT2D eigenvalue weighted by Gasteiger charge is 2.35. The van der Waals surface area contributed by atoms with Crippen molar-refractivity contribution in [2.45, 2.75) is 50.7 Å². The van der Waals surface area contributed by atoms with E-state index in [9.17, 15) is 9.36 Å². The summed E-state index contributed by atoms with van der Waals surface area (Å²) in [6.07, 6.45) is 5.72. The Balaban J connectivity index is 1.86. The van der Waals surface area contributed by atoms with Crippen LogP contribution in [0.5, 0.6) is 0 Å². The van der Waals surface area contributed by atoms with Gasteiger partial charge in [0.15, 0.2) is 0 Å². The predicted molar refractivity (Wildman–Crippen MR) is 51.8 cm³/mol. The number of hydrogen-bond donors (Lipinski definition) is 0. The predicted octanol–water partition coefficient (Wildman–Crippen LogP) is 2.51. The molecule has 0 bridgehead atoms. The molecule has 0 heterocycles. The summed E-state index contributed by atoms with van der Waals surface area (Å²) in [6.45, 7) is 0. The summed E-state index contributed by atoms with van der Waals surface area (Å²) < 4.78 is 22.2. The van der Waals surface area contributed by atoms with Gasteiger partial charge in [-0.25, -0.2) is 0 Å². The Labute approximate surface area is 83.5 Å². The number of carbonyl (C=O) groups is 1. The quantitative estimate of drug-likeness (QED) is 0.525. The van der Waals surface area contributed by atoms with Gasteiger partial charge in [0.25, 0.3) is 0 Å². The Bertz CT molecular complexity index is 238. The summed E-state index contributed by atoms with van der Waals surface area (Å²) in [5.74, 6) is 0. The van der Waals surface area contributed by atoms with Gasteiger partial charge in [0.2, 0.25) is 6.03 Å². The van der Waals surface area contributed by atoms with Crippen molar-refractivity contribution in [1.29, 1.82) is 0 Å². The Hall–Kier alpha value is -0.180. The lowest BCUT2D eigenvalue weighted by Gasteiger charge is -2.32. The highest BCUT2D eigenvalue weighted by molar-refractivity contribution is 7.69. The van der Waals surface area contributed by atoms with Crippen molar-refractivity contribution in [3.05, 3.63) is 0 Å². The largest absolute Gasteiger partial charge is 0.394 e. The minimum absolute atomic E-state index is 0.0221. The molecule has 2 saturated carbocycles. The summed E-state index contributed by atoms with van der Waals surface area (Å²) in [7, 11) is -3.42. The molecule has 2 fully saturated rings. The van der Waals surface area contributed by atoms with Crippen LogP contribution in [0.3, 0.4) is 0 Å². The van der Waals surface area contributed by atoms with Gasteiger partial charge in [-0.05, 0) is 38.5 Å². The maximum atomic E-state index is 11.8. The van der Waals surface area contributed by atoms with E-state index in [0.717, 1.165) is 38.5 Å². The minimum Gasteiger partial charge on any atom is -0.300 e. The topological polar surface area (TPSA) is 52.6 Å². The molecule has 2 aliphatic carbocycles. The Kier molecular flexibility index (Phi) is 3.05. The molecular weight excluding hydrogens is 203 g/mol. The van der Waals surface area contributed by atoms with E-state index in [1.165, 1.54) is 0 Å². The third-order valence-electron chi connectivity index (χ3n) is 2.83. The van der Waals surface area contributed by atoms with Gasteiger partial charge in [-0.3, -0.25) is 9.36 Å².